The van der Waals surface area contributed by atoms with E-state index in [0.717, 1.165) is 31.5 Å². The van der Waals surface area contributed by atoms with Gasteiger partial charge >= 0.3 is 0 Å². The first-order chi connectivity index (χ1) is 12.0. The van der Waals surface area contributed by atoms with Crippen molar-refractivity contribution >= 4 is 28.3 Å². The van der Waals surface area contributed by atoms with Gasteiger partial charge < -0.3 is 10.6 Å². The number of hydrogen-bond acceptors (Lipinski definition) is 4. The zero-order valence-corrected chi connectivity index (χ0v) is 16.7. The molecular weight excluding hydrogens is 374 g/mol. The fourth-order valence-electron chi connectivity index (χ4n) is 3.50. The first kappa shape index (κ1) is 21.2. The maximum Gasteiger partial charge on any atom is 0.243 e. The van der Waals surface area contributed by atoms with Gasteiger partial charge in [0.05, 0.1) is 4.90 Å². The lowest BCUT2D eigenvalue weighted by molar-refractivity contribution is -0.127. The molecule has 3 rings (SSSR count). The molecule has 8 heteroatoms. The lowest BCUT2D eigenvalue weighted by atomic mass is 9.96. The molecule has 146 valence electrons. The summed E-state index contributed by atoms with van der Waals surface area (Å²) < 4.78 is 26.9. The third kappa shape index (κ3) is 4.97. The number of carbonyl (C=O) groups is 1. The molecule has 2 heterocycles. The van der Waals surface area contributed by atoms with E-state index in [1.165, 1.54) is 4.31 Å². The zero-order chi connectivity index (χ0) is 17.9. The Balaban J connectivity index is 0.00000243. The summed E-state index contributed by atoms with van der Waals surface area (Å²) in [5.41, 5.74) is 1.03. The highest BCUT2D eigenvalue weighted by molar-refractivity contribution is 7.89. The molecule has 2 N–H and O–H groups in total. The van der Waals surface area contributed by atoms with Gasteiger partial charge in [-0.1, -0.05) is 17.7 Å². The molecule has 0 radical (unpaired) electrons. The Hall–Kier alpha value is -1.15. The molecule has 2 saturated heterocycles. The minimum Gasteiger partial charge on any atom is -0.353 e. The molecule has 1 aromatic rings. The average molecular weight is 402 g/mol. The lowest BCUT2D eigenvalue weighted by Crippen LogP contribution is -2.47. The number of halogens is 1. The smallest absolute Gasteiger partial charge is 0.243 e. The zero-order valence-electron chi connectivity index (χ0n) is 15.1. The highest BCUT2D eigenvalue weighted by atomic mass is 35.5. The van der Waals surface area contributed by atoms with Crippen molar-refractivity contribution in [3.63, 3.8) is 0 Å². The van der Waals surface area contributed by atoms with Crippen LogP contribution in [0.4, 0.5) is 0 Å². The van der Waals surface area contributed by atoms with Crippen LogP contribution in [0.3, 0.4) is 0 Å². The summed E-state index contributed by atoms with van der Waals surface area (Å²) in [7, 11) is -3.46. The minimum absolute atomic E-state index is 0. The monoisotopic (exact) mass is 401 g/mol. The predicted molar refractivity (Wildman–Crippen MR) is 104 cm³/mol. The molecule has 26 heavy (non-hydrogen) atoms. The summed E-state index contributed by atoms with van der Waals surface area (Å²) in [5, 5.41) is 6.42. The van der Waals surface area contributed by atoms with Crippen LogP contribution in [0.5, 0.6) is 0 Å². The van der Waals surface area contributed by atoms with Gasteiger partial charge in [0, 0.05) is 25.0 Å². The van der Waals surface area contributed by atoms with Crippen LogP contribution in [-0.4, -0.2) is 50.9 Å². The van der Waals surface area contributed by atoms with Crippen LogP contribution in [0.1, 0.15) is 31.2 Å². The molecule has 0 spiro atoms. The number of nitrogens with zero attached hydrogens (tertiary/aromatic N) is 1. The Labute approximate surface area is 162 Å². The fourth-order valence-corrected chi connectivity index (χ4v) is 4.97. The Kier molecular flexibility index (Phi) is 7.46. The molecule has 2 fully saturated rings. The molecule has 6 nitrogen and oxygen atoms in total. The molecule has 0 saturated carbocycles. The van der Waals surface area contributed by atoms with E-state index in [1.54, 1.807) is 12.1 Å². The number of aryl methyl sites for hydroxylation is 1. The van der Waals surface area contributed by atoms with Gasteiger partial charge in [-0.2, -0.15) is 4.31 Å². The summed E-state index contributed by atoms with van der Waals surface area (Å²) in [5.74, 6) is -0.00126. The second kappa shape index (κ2) is 9.17. The number of benzene rings is 1. The summed E-state index contributed by atoms with van der Waals surface area (Å²) in [6.45, 7) is 4.63. The van der Waals surface area contributed by atoms with Gasteiger partial charge in [-0.15, -0.1) is 12.4 Å². The third-order valence-corrected chi connectivity index (χ3v) is 7.08. The number of amides is 1. The molecular formula is C18H28ClN3O3S. The van der Waals surface area contributed by atoms with Crippen molar-refractivity contribution in [1.82, 2.24) is 14.9 Å². The van der Waals surface area contributed by atoms with Gasteiger partial charge in [-0.25, -0.2) is 8.42 Å². The standard InChI is InChI=1S/C18H27N3O3S.ClH/c1-14-2-4-17(5-3-14)25(23,24)21-12-8-15(9-13-21)18(22)20-16-6-10-19-11-7-16;/h2-5,15-16,19H,6-13H2,1H3,(H,20,22);1H. The SMILES string of the molecule is Cc1ccc(S(=O)(=O)N2CCC(C(=O)NC3CCNCC3)CC2)cc1.Cl. The van der Waals surface area contributed by atoms with Crippen LogP contribution in [-0.2, 0) is 14.8 Å². The van der Waals surface area contributed by atoms with Crippen LogP contribution >= 0.6 is 12.4 Å². The summed E-state index contributed by atoms with van der Waals surface area (Å²) in [6, 6.07) is 7.18. The van der Waals surface area contributed by atoms with Gasteiger partial charge in [-0.3, -0.25) is 4.79 Å². The van der Waals surface area contributed by atoms with E-state index in [9.17, 15) is 13.2 Å². The van der Waals surface area contributed by atoms with E-state index in [4.69, 9.17) is 0 Å². The highest BCUT2D eigenvalue weighted by Crippen LogP contribution is 2.24. The fraction of sp³-hybridized carbons (Fsp3) is 0.611. The van der Waals surface area contributed by atoms with Crippen molar-refractivity contribution in [2.24, 2.45) is 5.92 Å². The van der Waals surface area contributed by atoms with E-state index < -0.39 is 10.0 Å². The van der Waals surface area contributed by atoms with Gasteiger partial charge in [0.1, 0.15) is 0 Å². The van der Waals surface area contributed by atoms with E-state index in [1.807, 2.05) is 19.1 Å². The van der Waals surface area contributed by atoms with Crippen molar-refractivity contribution < 1.29 is 13.2 Å². The maximum absolute atomic E-state index is 12.7. The summed E-state index contributed by atoms with van der Waals surface area (Å²) in [6.07, 6.45) is 3.10. The van der Waals surface area contributed by atoms with Crippen molar-refractivity contribution in [2.45, 2.75) is 43.5 Å². The number of rotatable bonds is 4. The van der Waals surface area contributed by atoms with E-state index in [2.05, 4.69) is 10.6 Å². The Bertz CT molecular complexity index is 695. The Morgan fingerprint density at radius 1 is 1.08 bits per heavy atom. The average Bonchev–Trinajstić information content (AvgIpc) is 2.63. The van der Waals surface area contributed by atoms with Crippen molar-refractivity contribution in [3.05, 3.63) is 29.8 Å². The molecule has 0 aliphatic carbocycles. The number of piperidine rings is 2. The largest absolute Gasteiger partial charge is 0.353 e. The van der Waals surface area contributed by atoms with Crippen LogP contribution < -0.4 is 10.6 Å². The van der Waals surface area contributed by atoms with Gasteiger partial charge in [-0.05, 0) is 57.8 Å². The molecule has 1 aromatic carbocycles. The van der Waals surface area contributed by atoms with Gasteiger partial charge in [0.15, 0.2) is 0 Å². The van der Waals surface area contributed by atoms with Gasteiger partial charge in [0.25, 0.3) is 0 Å². The molecule has 0 bridgehead atoms. The number of nitrogens with one attached hydrogen (secondary N) is 2. The number of hydrogen-bond donors (Lipinski definition) is 2. The molecule has 2 aliphatic heterocycles. The Morgan fingerprint density at radius 2 is 1.65 bits per heavy atom. The lowest BCUT2D eigenvalue weighted by Gasteiger charge is -2.32. The molecule has 2 aliphatic rings. The topological polar surface area (TPSA) is 78.5 Å². The van der Waals surface area contributed by atoms with Crippen molar-refractivity contribution in [3.8, 4) is 0 Å². The molecule has 0 atom stereocenters. The number of carbonyl (C=O) groups excluding carboxylic acids is 1. The van der Waals surface area contributed by atoms with Crippen molar-refractivity contribution in [2.75, 3.05) is 26.2 Å². The summed E-state index contributed by atoms with van der Waals surface area (Å²) in [4.78, 5) is 12.8. The van der Waals surface area contributed by atoms with Crippen LogP contribution in [0.2, 0.25) is 0 Å². The predicted octanol–water partition coefficient (Wildman–Crippen LogP) is 1.69. The Morgan fingerprint density at radius 3 is 2.23 bits per heavy atom. The summed E-state index contributed by atoms with van der Waals surface area (Å²) >= 11 is 0. The van der Waals surface area contributed by atoms with Crippen LogP contribution in [0.15, 0.2) is 29.2 Å². The first-order valence-corrected chi connectivity index (χ1v) is 10.5. The maximum atomic E-state index is 12.7. The first-order valence-electron chi connectivity index (χ1n) is 9.05. The van der Waals surface area contributed by atoms with Crippen LogP contribution in [0.25, 0.3) is 0 Å². The molecule has 0 aromatic heterocycles. The normalized spacial score (nSPS) is 20.3. The molecule has 1 amide bonds. The van der Waals surface area contributed by atoms with Crippen molar-refractivity contribution in [1.29, 1.82) is 0 Å². The second-order valence-electron chi connectivity index (χ2n) is 7.02. The van der Waals surface area contributed by atoms with E-state index in [-0.39, 0.29) is 30.3 Å². The highest BCUT2D eigenvalue weighted by Gasteiger charge is 2.32. The number of sulfonamides is 1. The van der Waals surface area contributed by atoms with Gasteiger partial charge in [0.2, 0.25) is 15.9 Å². The minimum atomic E-state index is -3.46. The van der Waals surface area contributed by atoms with E-state index >= 15 is 0 Å². The van der Waals surface area contributed by atoms with Crippen LogP contribution in [0, 0.1) is 12.8 Å². The second-order valence-corrected chi connectivity index (χ2v) is 8.96. The third-order valence-electron chi connectivity index (χ3n) is 5.17. The molecule has 0 unspecified atom stereocenters. The quantitative estimate of drug-likeness (QED) is 0.804. The van der Waals surface area contributed by atoms with E-state index in [0.29, 0.717) is 30.8 Å².